The van der Waals surface area contributed by atoms with Crippen LogP contribution in [0.3, 0.4) is 0 Å². The van der Waals surface area contributed by atoms with Gasteiger partial charge in [-0.05, 0) is 13.3 Å². The number of rotatable bonds is 2. The summed E-state index contributed by atoms with van der Waals surface area (Å²) in [5.74, 6) is 0. The van der Waals surface area contributed by atoms with E-state index in [0.717, 1.165) is 26.1 Å². The highest BCUT2D eigenvalue weighted by Crippen LogP contribution is 2.22. The van der Waals surface area contributed by atoms with Crippen LogP contribution in [-0.2, 0) is 14.2 Å². The lowest BCUT2D eigenvalue weighted by atomic mass is 9.98. The van der Waals surface area contributed by atoms with Crippen LogP contribution >= 0.6 is 0 Å². The Morgan fingerprint density at radius 3 is 2.88 bits per heavy atom. The van der Waals surface area contributed by atoms with Crippen molar-refractivity contribution < 1.29 is 19.3 Å². The molecule has 2 heterocycles. The Morgan fingerprint density at radius 2 is 2.12 bits per heavy atom. The average Bonchev–Trinajstić information content (AvgIpc) is 2.33. The van der Waals surface area contributed by atoms with Gasteiger partial charge >= 0.3 is 0 Å². The molecule has 4 unspecified atom stereocenters. The summed E-state index contributed by atoms with van der Waals surface area (Å²) < 4.78 is 16.1. The Bertz CT molecular complexity index is 226. The van der Waals surface area contributed by atoms with Crippen LogP contribution in [0.5, 0.6) is 0 Å². The van der Waals surface area contributed by atoms with E-state index in [0.29, 0.717) is 6.61 Å². The molecule has 0 saturated carbocycles. The van der Waals surface area contributed by atoms with E-state index in [9.17, 15) is 5.11 Å². The molecule has 0 aromatic rings. The molecule has 2 aliphatic heterocycles. The van der Waals surface area contributed by atoms with Crippen LogP contribution in [-0.4, -0.2) is 68.0 Å². The van der Waals surface area contributed by atoms with Gasteiger partial charge in [0.25, 0.3) is 0 Å². The Hall–Kier alpha value is -0.200. The number of aliphatic hydroxyl groups excluding tert-OH is 1. The summed E-state index contributed by atoms with van der Waals surface area (Å²) in [4.78, 5) is 2.25. The summed E-state index contributed by atoms with van der Waals surface area (Å²) >= 11 is 0. The normalized spacial score (nSPS) is 42.2. The third kappa shape index (κ3) is 2.55. The summed E-state index contributed by atoms with van der Waals surface area (Å²) in [6.07, 6.45) is 0.216. The standard InChI is InChI=1S/C11H21NO4/c1-8-11(13)9(3-5-15-8)12-4-6-16-10(7-12)14-2/h8-11,13H,3-7H2,1-2H3. The van der Waals surface area contributed by atoms with E-state index < -0.39 is 6.10 Å². The van der Waals surface area contributed by atoms with Gasteiger partial charge in [0.15, 0.2) is 6.29 Å². The molecule has 2 aliphatic rings. The first-order valence-electron chi connectivity index (χ1n) is 5.90. The van der Waals surface area contributed by atoms with Gasteiger partial charge in [0.2, 0.25) is 0 Å². The molecule has 0 amide bonds. The second-order valence-electron chi connectivity index (χ2n) is 4.45. The van der Waals surface area contributed by atoms with E-state index in [2.05, 4.69) is 4.90 Å². The molecular weight excluding hydrogens is 210 g/mol. The SMILES string of the molecule is COC1CN(C2CCOC(C)C2O)CCO1. The number of methoxy groups -OCH3 is 1. The summed E-state index contributed by atoms with van der Waals surface area (Å²) in [5, 5.41) is 10.1. The minimum absolute atomic E-state index is 0.0809. The minimum Gasteiger partial charge on any atom is -0.389 e. The van der Waals surface area contributed by atoms with Gasteiger partial charge in [-0.25, -0.2) is 0 Å². The molecule has 5 heteroatoms. The fourth-order valence-electron chi connectivity index (χ4n) is 2.44. The lowest BCUT2D eigenvalue weighted by molar-refractivity contribution is -0.190. The third-order valence-corrected chi connectivity index (χ3v) is 3.47. The van der Waals surface area contributed by atoms with Crippen molar-refractivity contribution in [1.29, 1.82) is 0 Å². The van der Waals surface area contributed by atoms with Crippen molar-refractivity contribution in [3.05, 3.63) is 0 Å². The zero-order valence-corrected chi connectivity index (χ0v) is 9.96. The van der Waals surface area contributed by atoms with E-state index in [-0.39, 0.29) is 18.4 Å². The van der Waals surface area contributed by atoms with Crippen LogP contribution in [0.25, 0.3) is 0 Å². The van der Waals surface area contributed by atoms with Crippen molar-refractivity contribution in [2.75, 3.05) is 33.4 Å². The first kappa shape index (κ1) is 12.3. The van der Waals surface area contributed by atoms with Crippen molar-refractivity contribution >= 4 is 0 Å². The molecule has 2 rings (SSSR count). The van der Waals surface area contributed by atoms with Crippen LogP contribution in [0.2, 0.25) is 0 Å². The summed E-state index contributed by atoms with van der Waals surface area (Å²) in [6.45, 7) is 4.89. The van der Waals surface area contributed by atoms with Crippen LogP contribution in [0.4, 0.5) is 0 Å². The highest BCUT2D eigenvalue weighted by molar-refractivity contribution is 4.87. The highest BCUT2D eigenvalue weighted by Gasteiger charge is 2.36. The Balaban J connectivity index is 1.94. The molecule has 2 saturated heterocycles. The Morgan fingerprint density at radius 1 is 1.31 bits per heavy atom. The summed E-state index contributed by atoms with van der Waals surface area (Å²) in [5.41, 5.74) is 0. The molecule has 0 aromatic heterocycles. The molecule has 16 heavy (non-hydrogen) atoms. The maximum Gasteiger partial charge on any atom is 0.169 e. The molecule has 4 atom stereocenters. The molecule has 94 valence electrons. The van der Waals surface area contributed by atoms with Crippen LogP contribution in [0.1, 0.15) is 13.3 Å². The van der Waals surface area contributed by atoms with Crippen molar-refractivity contribution in [2.24, 2.45) is 0 Å². The summed E-state index contributed by atoms with van der Waals surface area (Å²) in [6, 6.07) is 0.172. The van der Waals surface area contributed by atoms with E-state index in [1.165, 1.54) is 0 Å². The van der Waals surface area contributed by atoms with E-state index >= 15 is 0 Å². The van der Waals surface area contributed by atoms with Gasteiger partial charge in [0, 0.05) is 32.8 Å². The number of hydrogen-bond acceptors (Lipinski definition) is 5. The van der Waals surface area contributed by atoms with Crippen LogP contribution < -0.4 is 0 Å². The van der Waals surface area contributed by atoms with Gasteiger partial charge in [0.1, 0.15) is 0 Å². The first-order chi connectivity index (χ1) is 7.72. The number of nitrogens with zero attached hydrogens (tertiary/aromatic N) is 1. The molecule has 0 radical (unpaired) electrons. The van der Waals surface area contributed by atoms with Crippen molar-refractivity contribution in [3.8, 4) is 0 Å². The molecule has 0 aromatic carbocycles. The highest BCUT2D eigenvalue weighted by atomic mass is 16.7. The van der Waals surface area contributed by atoms with Crippen molar-refractivity contribution in [3.63, 3.8) is 0 Å². The van der Waals surface area contributed by atoms with Crippen LogP contribution in [0.15, 0.2) is 0 Å². The smallest absolute Gasteiger partial charge is 0.169 e. The lowest BCUT2D eigenvalue weighted by Crippen LogP contribution is -2.57. The number of hydrogen-bond donors (Lipinski definition) is 1. The van der Waals surface area contributed by atoms with Gasteiger partial charge in [0.05, 0.1) is 18.8 Å². The minimum atomic E-state index is -0.413. The number of ether oxygens (including phenoxy) is 3. The van der Waals surface area contributed by atoms with Gasteiger partial charge < -0.3 is 19.3 Å². The number of morpholine rings is 1. The molecule has 1 N–H and O–H groups in total. The second kappa shape index (κ2) is 5.42. The lowest BCUT2D eigenvalue weighted by Gasteiger charge is -2.43. The zero-order valence-electron chi connectivity index (χ0n) is 9.96. The number of aliphatic hydroxyl groups is 1. The first-order valence-corrected chi connectivity index (χ1v) is 5.90. The fourth-order valence-corrected chi connectivity index (χ4v) is 2.44. The Labute approximate surface area is 96.3 Å². The molecule has 5 nitrogen and oxygen atoms in total. The van der Waals surface area contributed by atoms with E-state index in [1.54, 1.807) is 7.11 Å². The molecule has 0 bridgehead atoms. The van der Waals surface area contributed by atoms with E-state index in [4.69, 9.17) is 14.2 Å². The van der Waals surface area contributed by atoms with Crippen molar-refractivity contribution in [2.45, 2.75) is 37.9 Å². The largest absolute Gasteiger partial charge is 0.389 e. The molecule has 2 fully saturated rings. The van der Waals surface area contributed by atoms with Gasteiger partial charge in [-0.2, -0.15) is 0 Å². The average molecular weight is 231 g/mol. The van der Waals surface area contributed by atoms with E-state index in [1.807, 2.05) is 6.92 Å². The monoisotopic (exact) mass is 231 g/mol. The zero-order chi connectivity index (χ0) is 11.5. The second-order valence-corrected chi connectivity index (χ2v) is 4.45. The van der Waals surface area contributed by atoms with Crippen molar-refractivity contribution in [1.82, 2.24) is 4.90 Å². The van der Waals surface area contributed by atoms with Gasteiger partial charge in [-0.3, -0.25) is 4.90 Å². The van der Waals surface area contributed by atoms with Gasteiger partial charge in [-0.1, -0.05) is 0 Å². The quantitative estimate of drug-likeness (QED) is 0.715. The predicted molar refractivity (Wildman–Crippen MR) is 58.1 cm³/mol. The topological polar surface area (TPSA) is 51.2 Å². The predicted octanol–water partition coefficient (Wildman–Crippen LogP) is -0.171. The maximum absolute atomic E-state index is 10.1. The maximum atomic E-state index is 10.1. The molecule has 0 aliphatic carbocycles. The third-order valence-electron chi connectivity index (χ3n) is 3.47. The molecule has 0 spiro atoms. The fraction of sp³-hybridized carbons (Fsp3) is 1.00. The van der Waals surface area contributed by atoms with Crippen LogP contribution in [0, 0.1) is 0 Å². The molecular formula is C11H21NO4. The summed E-state index contributed by atoms with van der Waals surface area (Å²) in [7, 11) is 1.65. The van der Waals surface area contributed by atoms with Gasteiger partial charge in [-0.15, -0.1) is 0 Å². The Kier molecular flexibility index (Phi) is 4.16.